The van der Waals surface area contributed by atoms with Crippen LogP contribution in [0.4, 0.5) is 5.69 Å². The molecule has 0 spiro atoms. The second-order valence-electron chi connectivity index (χ2n) is 6.53. The van der Waals surface area contributed by atoms with Gasteiger partial charge in [0.25, 0.3) is 5.91 Å². The molecule has 5 heteroatoms. The summed E-state index contributed by atoms with van der Waals surface area (Å²) in [6.07, 6.45) is 4.81. The first kappa shape index (κ1) is 15.0. The second kappa shape index (κ2) is 5.72. The summed E-state index contributed by atoms with van der Waals surface area (Å²) in [6, 6.07) is 7.38. The third kappa shape index (κ3) is 2.99. The van der Waals surface area contributed by atoms with E-state index in [0.29, 0.717) is 17.3 Å². The van der Waals surface area contributed by atoms with Crippen LogP contribution in [0.15, 0.2) is 24.3 Å². The minimum absolute atomic E-state index is 0.0718. The fourth-order valence-electron chi connectivity index (χ4n) is 2.88. The van der Waals surface area contributed by atoms with Gasteiger partial charge < -0.3 is 16.0 Å². The number of hydrogen-bond donors (Lipinski definition) is 2. The molecule has 1 heterocycles. The van der Waals surface area contributed by atoms with Crippen molar-refractivity contribution in [2.24, 2.45) is 5.73 Å². The number of nitrogens with zero attached hydrogens (tertiary/aromatic N) is 1. The molecule has 1 aromatic rings. The number of nitrogens with one attached hydrogen (secondary N) is 1. The molecule has 3 rings (SSSR count). The summed E-state index contributed by atoms with van der Waals surface area (Å²) in [6.45, 7) is 2.93. The highest BCUT2D eigenvalue weighted by atomic mass is 16.2. The SMILES string of the molecule is CC1CCCCN1C(=O)c1ccc(NC(=O)C2(N)CC2)cc1. The van der Waals surface area contributed by atoms with E-state index < -0.39 is 5.54 Å². The van der Waals surface area contributed by atoms with Gasteiger partial charge in [-0.1, -0.05) is 0 Å². The van der Waals surface area contributed by atoms with Crippen LogP contribution in [0, 0.1) is 0 Å². The predicted molar refractivity (Wildman–Crippen MR) is 85.6 cm³/mol. The van der Waals surface area contributed by atoms with Crippen LogP contribution in [0.25, 0.3) is 0 Å². The number of carbonyl (C=O) groups is 2. The summed E-state index contributed by atoms with van der Waals surface area (Å²) in [4.78, 5) is 26.4. The maximum atomic E-state index is 12.5. The molecule has 1 aromatic carbocycles. The van der Waals surface area contributed by atoms with Crippen LogP contribution in [-0.2, 0) is 4.79 Å². The average molecular weight is 301 g/mol. The van der Waals surface area contributed by atoms with Gasteiger partial charge in [-0.25, -0.2) is 0 Å². The topological polar surface area (TPSA) is 75.4 Å². The quantitative estimate of drug-likeness (QED) is 0.898. The van der Waals surface area contributed by atoms with E-state index in [1.165, 1.54) is 6.42 Å². The van der Waals surface area contributed by atoms with Crippen LogP contribution < -0.4 is 11.1 Å². The average Bonchev–Trinajstić information content (AvgIpc) is 3.27. The number of rotatable bonds is 3. The highest BCUT2D eigenvalue weighted by molar-refractivity contribution is 6.00. The molecule has 2 aliphatic rings. The van der Waals surface area contributed by atoms with E-state index >= 15 is 0 Å². The minimum atomic E-state index is -0.683. The monoisotopic (exact) mass is 301 g/mol. The third-order valence-electron chi connectivity index (χ3n) is 4.69. The molecule has 2 amide bonds. The van der Waals surface area contributed by atoms with E-state index in [4.69, 9.17) is 5.73 Å². The van der Waals surface area contributed by atoms with Gasteiger partial charge in [-0.2, -0.15) is 0 Å². The summed E-state index contributed by atoms with van der Waals surface area (Å²) < 4.78 is 0. The molecule has 1 saturated carbocycles. The smallest absolute Gasteiger partial charge is 0.254 e. The molecule has 1 atom stereocenters. The molecule has 0 aromatic heterocycles. The molecular weight excluding hydrogens is 278 g/mol. The number of hydrogen-bond acceptors (Lipinski definition) is 3. The zero-order valence-electron chi connectivity index (χ0n) is 13.0. The Morgan fingerprint density at radius 2 is 1.91 bits per heavy atom. The fraction of sp³-hybridized carbons (Fsp3) is 0.529. The van der Waals surface area contributed by atoms with E-state index in [1.54, 1.807) is 24.3 Å². The molecule has 2 fully saturated rings. The molecule has 1 aliphatic heterocycles. The van der Waals surface area contributed by atoms with E-state index in [9.17, 15) is 9.59 Å². The Kier molecular flexibility index (Phi) is 3.91. The van der Waals surface area contributed by atoms with Gasteiger partial charge in [0.1, 0.15) is 0 Å². The van der Waals surface area contributed by atoms with Crippen molar-refractivity contribution in [3.8, 4) is 0 Å². The molecule has 0 bridgehead atoms. The van der Waals surface area contributed by atoms with Crippen LogP contribution >= 0.6 is 0 Å². The fourth-order valence-corrected chi connectivity index (χ4v) is 2.88. The zero-order chi connectivity index (χ0) is 15.7. The summed E-state index contributed by atoms with van der Waals surface area (Å²) in [5.41, 5.74) is 6.53. The Balaban J connectivity index is 1.65. The molecule has 3 N–H and O–H groups in total. The highest BCUT2D eigenvalue weighted by Crippen LogP contribution is 2.33. The van der Waals surface area contributed by atoms with Crippen LogP contribution in [0.1, 0.15) is 49.4 Å². The van der Waals surface area contributed by atoms with E-state index in [-0.39, 0.29) is 11.8 Å². The number of benzene rings is 1. The van der Waals surface area contributed by atoms with Crippen molar-refractivity contribution < 1.29 is 9.59 Å². The summed E-state index contributed by atoms with van der Waals surface area (Å²) in [5, 5.41) is 2.81. The van der Waals surface area contributed by atoms with Crippen molar-refractivity contribution in [1.29, 1.82) is 0 Å². The first-order valence-corrected chi connectivity index (χ1v) is 8.01. The lowest BCUT2D eigenvalue weighted by atomic mass is 10.0. The molecule has 22 heavy (non-hydrogen) atoms. The lowest BCUT2D eigenvalue weighted by Gasteiger charge is -2.33. The van der Waals surface area contributed by atoms with Gasteiger partial charge in [-0.05, 0) is 63.3 Å². The molecule has 1 aliphatic carbocycles. The first-order valence-electron chi connectivity index (χ1n) is 8.01. The Morgan fingerprint density at radius 3 is 2.50 bits per heavy atom. The number of carbonyl (C=O) groups excluding carboxylic acids is 2. The summed E-state index contributed by atoms with van der Waals surface area (Å²) in [7, 11) is 0. The molecule has 5 nitrogen and oxygen atoms in total. The van der Waals surface area contributed by atoms with Gasteiger partial charge >= 0.3 is 0 Å². The second-order valence-corrected chi connectivity index (χ2v) is 6.53. The van der Waals surface area contributed by atoms with Gasteiger partial charge in [-0.15, -0.1) is 0 Å². The Hall–Kier alpha value is -1.88. The number of nitrogens with two attached hydrogens (primary N) is 1. The van der Waals surface area contributed by atoms with E-state index in [1.807, 2.05) is 4.90 Å². The maximum Gasteiger partial charge on any atom is 0.254 e. The lowest BCUT2D eigenvalue weighted by Crippen LogP contribution is -2.42. The lowest BCUT2D eigenvalue weighted by molar-refractivity contribution is -0.118. The third-order valence-corrected chi connectivity index (χ3v) is 4.69. The normalized spacial score (nSPS) is 23.0. The number of piperidine rings is 1. The van der Waals surface area contributed by atoms with Crippen LogP contribution in [0.3, 0.4) is 0 Å². The van der Waals surface area contributed by atoms with E-state index in [2.05, 4.69) is 12.2 Å². The van der Waals surface area contributed by atoms with Crippen molar-refractivity contribution >= 4 is 17.5 Å². The maximum absolute atomic E-state index is 12.5. The zero-order valence-corrected chi connectivity index (χ0v) is 13.0. The van der Waals surface area contributed by atoms with Gasteiger partial charge in [-0.3, -0.25) is 9.59 Å². The van der Waals surface area contributed by atoms with Gasteiger partial charge in [0.15, 0.2) is 0 Å². The van der Waals surface area contributed by atoms with Gasteiger partial charge in [0.05, 0.1) is 5.54 Å². The summed E-state index contributed by atoms with van der Waals surface area (Å²) >= 11 is 0. The largest absolute Gasteiger partial charge is 0.336 e. The van der Waals surface area contributed by atoms with Crippen LogP contribution in [0.2, 0.25) is 0 Å². The Bertz CT molecular complexity index is 578. The van der Waals surface area contributed by atoms with Crippen molar-refractivity contribution in [1.82, 2.24) is 4.90 Å². The van der Waals surface area contributed by atoms with Crippen LogP contribution in [-0.4, -0.2) is 34.8 Å². The molecule has 1 unspecified atom stereocenters. The molecule has 118 valence electrons. The van der Waals surface area contributed by atoms with Crippen molar-refractivity contribution in [3.63, 3.8) is 0 Å². The molecule has 1 saturated heterocycles. The van der Waals surface area contributed by atoms with Crippen molar-refractivity contribution in [3.05, 3.63) is 29.8 Å². The Morgan fingerprint density at radius 1 is 1.23 bits per heavy atom. The molecule has 0 radical (unpaired) electrons. The standard InChI is InChI=1S/C17H23N3O2/c1-12-4-2-3-11-20(12)15(21)13-5-7-14(8-6-13)19-16(22)17(18)9-10-17/h5-8,12H,2-4,9-11,18H2,1H3,(H,19,22). The van der Waals surface area contributed by atoms with Gasteiger partial charge in [0, 0.05) is 23.8 Å². The minimum Gasteiger partial charge on any atom is -0.336 e. The van der Waals surface area contributed by atoms with Gasteiger partial charge in [0.2, 0.25) is 5.91 Å². The van der Waals surface area contributed by atoms with E-state index in [0.717, 1.165) is 32.2 Å². The number of likely N-dealkylation sites (tertiary alicyclic amines) is 1. The number of anilines is 1. The highest BCUT2D eigenvalue weighted by Gasteiger charge is 2.45. The van der Waals surface area contributed by atoms with Crippen molar-refractivity contribution in [2.75, 3.05) is 11.9 Å². The predicted octanol–water partition coefficient (Wildman–Crippen LogP) is 2.13. The first-order chi connectivity index (χ1) is 10.5. The van der Waals surface area contributed by atoms with Crippen molar-refractivity contribution in [2.45, 2.75) is 50.6 Å². The Labute approximate surface area is 130 Å². The molecular formula is C17H23N3O2. The van der Waals surface area contributed by atoms with Crippen LogP contribution in [0.5, 0.6) is 0 Å². The number of amides is 2. The summed E-state index contributed by atoms with van der Waals surface area (Å²) in [5.74, 6) is -0.0706.